The lowest BCUT2D eigenvalue weighted by molar-refractivity contribution is 0.0663. The van der Waals surface area contributed by atoms with Crippen LogP contribution < -0.4 is 0 Å². The van der Waals surface area contributed by atoms with Crippen LogP contribution >= 0.6 is 45.8 Å². The van der Waals surface area contributed by atoms with Crippen molar-refractivity contribution in [2.45, 2.75) is 0 Å². The van der Waals surface area contributed by atoms with Crippen molar-refractivity contribution in [3.05, 3.63) is 31.3 Å². The van der Waals surface area contributed by atoms with Crippen LogP contribution in [0.15, 0.2) is 12.1 Å². The van der Waals surface area contributed by atoms with Gasteiger partial charge in [0.1, 0.15) is 0 Å². The minimum atomic E-state index is 0.0110. The molecule has 3 nitrogen and oxygen atoms in total. The summed E-state index contributed by atoms with van der Waals surface area (Å²) in [5.74, 6) is 0.0110. The minimum absolute atomic E-state index is 0.0110. The summed E-state index contributed by atoms with van der Waals surface area (Å²) in [5.41, 5.74) is 0.595. The SMILES string of the molecule is CN1CCN(C(=O)c2cc(Cl)cc(Cl)c2I)CC1. The van der Waals surface area contributed by atoms with Crippen molar-refractivity contribution in [2.24, 2.45) is 0 Å². The molecule has 0 spiro atoms. The number of hydrogen-bond donors (Lipinski definition) is 0. The Bertz CT molecular complexity index is 473. The van der Waals surface area contributed by atoms with Crippen LogP contribution in [0.4, 0.5) is 0 Å². The van der Waals surface area contributed by atoms with Crippen molar-refractivity contribution >= 4 is 51.7 Å². The van der Waals surface area contributed by atoms with Gasteiger partial charge in [0.05, 0.1) is 10.6 Å². The number of likely N-dealkylation sites (N-methyl/N-ethyl adjacent to an activating group) is 1. The zero-order valence-corrected chi connectivity index (χ0v) is 13.6. The van der Waals surface area contributed by atoms with E-state index in [0.717, 1.165) is 29.7 Å². The Kier molecular flexibility index (Phi) is 4.75. The molecule has 0 unspecified atom stereocenters. The maximum Gasteiger partial charge on any atom is 0.255 e. The van der Waals surface area contributed by atoms with Gasteiger partial charge in [-0.25, -0.2) is 0 Å². The molecule has 1 saturated heterocycles. The number of amides is 1. The number of halogens is 3. The molecule has 18 heavy (non-hydrogen) atoms. The van der Waals surface area contributed by atoms with Crippen LogP contribution in [0.3, 0.4) is 0 Å². The van der Waals surface area contributed by atoms with Gasteiger partial charge >= 0.3 is 0 Å². The minimum Gasteiger partial charge on any atom is -0.336 e. The van der Waals surface area contributed by atoms with Crippen LogP contribution in [0.5, 0.6) is 0 Å². The average Bonchev–Trinajstić information content (AvgIpc) is 2.34. The molecule has 1 aliphatic rings. The molecule has 2 rings (SSSR count). The summed E-state index contributed by atoms with van der Waals surface area (Å²) in [4.78, 5) is 16.5. The summed E-state index contributed by atoms with van der Waals surface area (Å²) in [6.45, 7) is 3.29. The molecule has 0 radical (unpaired) electrons. The van der Waals surface area contributed by atoms with Crippen molar-refractivity contribution in [3.8, 4) is 0 Å². The van der Waals surface area contributed by atoms with Crippen molar-refractivity contribution < 1.29 is 4.79 Å². The van der Waals surface area contributed by atoms with Gasteiger partial charge < -0.3 is 9.80 Å². The van der Waals surface area contributed by atoms with Crippen molar-refractivity contribution in [1.29, 1.82) is 0 Å². The van der Waals surface area contributed by atoms with E-state index >= 15 is 0 Å². The van der Waals surface area contributed by atoms with E-state index in [1.54, 1.807) is 12.1 Å². The first-order valence-corrected chi connectivity index (χ1v) is 7.45. The fourth-order valence-electron chi connectivity index (χ4n) is 1.89. The summed E-state index contributed by atoms with van der Waals surface area (Å²) in [6, 6.07) is 3.35. The maximum atomic E-state index is 12.4. The molecule has 0 atom stereocenters. The average molecular weight is 399 g/mol. The van der Waals surface area contributed by atoms with Crippen molar-refractivity contribution in [1.82, 2.24) is 9.80 Å². The standard InChI is InChI=1S/C12H13Cl2IN2O/c1-16-2-4-17(5-3-16)12(18)9-6-8(13)7-10(14)11(9)15/h6-7H,2-5H2,1H3. The third-order valence-corrected chi connectivity index (χ3v) is 5.01. The lowest BCUT2D eigenvalue weighted by Gasteiger charge is -2.32. The zero-order chi connectivity index (χ0) is 13.3. The van der Waals surface area contributed by atoms with Gasteiger partial charge in [-0.15, -0.1) is 0 Å². The molecule has 1 fully saturated rings. The molecule has 98 valence electrons. The smallest absolute Gasteiger partial charge is 0.255 e. The number of carbonyl (C=O) groups excluding carboxylic acids is 1. The summed E-state index contributed by atoms with van der Waals surface area (Å²) < 4.78 is 0.766. The first kappa shape index (κ1) is 14.4. The van der Waals surface area contributed by atoms with E-state index in [1.165, 1.54) is 0 Å². The summed E-state index contributed by atoms with van der Waals surface area (Å²) in [7, 11) is 2.06. The summed E-state index contributed by atoms with van der Waals surface area (Å²) >= 11 is 14.1. The van der Waals surface area contributed by atoms with Crippen LogP contribution in [0.1, 0.15) is 10.4 Å². The maximum absolute atomic E-state index is 12.4. The van der Waals surface area contributed by atoms with Crippen molar-refractivity contribution in [3.63, 3.8) is 0 Å². The summed E-state index contributed by atoms with van der Waals surface area (Å²) in [6.07, 6.45) is 0. The Morgan fingerprint density at radius 1 is 1.22 bits per heavy atom. The molecule has 6 heteroatoms. The molecule has 0 saturated carbocycles. The highest BCUT2D eigenvalue weighted by Crippen LogP contribution is 2.27. The van der Waals surface area contributed by atoms with Crippen LogP contribution in [-0.4, -0.2) is 48.9 Å². The first-order chi connectivity index (χ1) is 8.49. The summed E-state index contributed by atoms with van der Waals surface area (Å²) in [5, 5.41) is 1.03. The van der Waals surface area contributed by atoms with E-state index in [4.69, 9.17) is 23.2 Å². The zero-order valence-electron chi connectivity index (χ0n) is 9.92. The van der Waals surface area contributed by atoms with Gasteiger partial charge in [0.25, 0.3) is 5.91 Å². The Balaban J connectivity index is 2.23. The van der Waals surface area contributed by atoms with Crippen LogP contribution in [-0.2, 0) is 0 Å². The van der Waals surface area contributed by atoms with Crippen LogP contribution in [0.25, 0.3) is 0 Å². The molecule has 1 heterocycles. The third kappa shape index (κ3) is 3.10. The molecule has 1 amide bonds. The second-order valence-electron chi connectivity index (χ2n) is 4.34. The van der Waals surface area contributed by atoms with Gasteiger partial charge in [-0.05, 0) is 41.8 Å². The van der Waals surface area contributed by atoms with E-state index in [1.807, 2.05) is 4.90 Å². The normalized spacial score (nSPS) is 17.0. The number of benzene rings is 1. The van der Waals surface area contributed by atoms with E-state index in [0.29, 0.717) is 15.6 Å². The van der Waals surface area contributed by atoms with E-state index in [2.05, 4.69) is 34.5 Å². The van der Waals surface area contributed by atoms with Gasteiger partial charge in [0, 0.05) is 34.8 Å². The van der Waals surface area contributed by atoms with E-state index in [9.17, 15) is 4.79 Å². The van der Waals surface area contributed by atoms with Gasteiger partial charge in [-0.2, -0.15) is 0 Å². The predicted molar refractivity (Wildman–Crippen MR) is 82.6 cm³/mol. The second kappa shape index (κ2) is 5.94. The number of hydrogen-bond acceptors (Lipinski definition) is 2. The highest BCUT2D eigenvalue weighted by Gasteiger charge is 2.23. The quantitative estimate of drug-likeness (QED) is 0.536. The number of nitrogens with zero attached hydrogens (tertiary/aromatic N) is 2. The molecule has 0 bridgehead atoms. The Labute approximate surface area is 130 Å². The number of carbonyl (C=O) groups is 1. The van der Waals surface area contributed by atoms with Crippen molar-refractivity contribution in [2.75, 3.05) is 33.2 Å². The van der Waals surface area contributed by atoms with Crippen LogP contribution in [0, 0.1) is 3.57 Å². The first-order valence-electron chi connectivity index (χ1n) is 5.61. The van der Waals surface area contributed by atoms with E-state index in [-0.39, 0.29) is 5.91 Å². The molecule has 0 aromatic heterocycles. The molecular formula is C12H13Cl2IN2O. The second-order valence-corrected chi connectivity index (χ2v) is 6.27. The molecule has 0 N–H and O–H groups in total. The third-order valence-electron chi connectivity index (χ3n) is 3.01. The van der Waals surface area contributed by atoms with Gasteiger partial charge in [-0.3, -0.25) is 4.79 Å². The Hall–Kier alpha value is -0.0400. The molecule has 1 aromatic carbocycles. The van der Waals surface area contributed by atoms with E-state index < -0.39 is 0 Å². The lowest BCUT2D eigenvalue weighted by Crippen LogP contribution is -2.47. The highest BCUT2D eigenvalue weighted by atomic mass is 127. The fraction of sp³-hybridized carbons (Fsp3) is 0.417. The molecular weight excluding hydrogens is 386 g/mol. The number of piperazine rings is 1. The fourth-order valence-corrected chi connectivity index (χ4v) is 2.93. The topological polar surface area (TPSA) is 23.6 Å². The lowest BCUT2D eigenvalue weighted by atomic mass is 10.2. The highest BCUT2D eigenvalue weighted by molar-refractivity contribution is 14.1. The number of rotatable bonds is 1. The molecule has 0 aliphatic carbocycles. The monoisotopic (exact) mass is 398 g/mol. The molecule has 1 aromatic rings. The largest absolute Gasteiger partial charge is 0.336 e. The molecule has 1 aliphatic heterocycles. The van der Waals surface area contributed by atoms with Gasteiger partial charge in [-0.1, -0.05) is 23.2 Å². The Morgan fingerprint density at radius 3 is 2.44 bits per heavy atom. The Morgan fingerprint density at radius 2 is 1.83 bits per heavy atom. The van der Waals surface area contributed by atoms with Gasteiger partial charge in [0.2, 0.25) is 0 Å². The van der Waals surface area contributed by atoms with Gasteiger partial charge in [0.15, 0.2) is 0 Å². The predicted octanol–water partition coefficient (Wildman–Crippen LogP) is 2.99. The van der Waals surface area contributed by atoms with Crippen LogP contribution in [0.2, 0.25) is 10.0 Å².